The fourth-order valence-electron chi connectivity index (χ4n) is 2.34. The summed E-state index contributed by atoms with van der Waals surface area (Å²) in [7, 11) is -1.72. The third kappa shape index (κ3) is 1.79. The topological polar surface area (TPSA) is 38.1 Å². The van der Waals surface area contributed by atoms with Gasteiger partial charge in [-0.1, -0.05) is 34.1 Å². The highest BCUT2D eigenvalue weighted by atomic mass is 32.3. The molecule has 0 radical (unpaired) electrons. The zero-order valence-electron chi connectivity index (χ0n) is 11.5. The number of hydrogen-bond acceptors (Lipinski definition) is 2. The van der Waals surface area contributed by atoms with Crippen LogP contribution in [-0.4, -0.2) is 20.6 Å². The monoisotopic (exact) mass is 284 g/mol. The molecule has 1 aliphatic heterocycles. The molecular weight excluding hydrogens is 268 g/mol. The van der Waals surface area contributed by atoms with Gasteiger partial charge in [0.1, 0.15) is 0 Å². The lowest BCUT2D eigenvalue weighted by molar-refractivity contribution is 0.372. The Morgan fingerprint density at radius 1 is 1.25 bits per heavy atom. The minimum Gasteiger partial charge on any atom is -0.386 e. The van der Waals surface area contributed by atoms with E-state index in [1.807, 2.05) is 41.1 Å². The number of hydrogen-bond donors (Lipinski definition) is 1. The van der Waals surface area contributed by atoms with Crippen LogP contribution in [0.1, 0.15) is 19.4 Å². The van der Waals surface area contributed by atoms with Crippen LogP contribution in [0.3, 0.4) is 0 Å². The van der Waals surface area contributed by atoms with E-state index in [0.29, 0.717) is 0 Å². The maximum Gasteiger partial charge on any atom is 0.171 e. The first-order valence-corrected chi connectivity index (χ1v) is 8.20. The van der Waals surface area contributed by atoms with E-state index >= 15 is 0 Å². The first kappa shape index (κ1) is 13.0. The number of imidazole rings is 1. The van der Waals surface area contributed by atoms with Crippen LogP contribution >= 0.6 is 10.0 Å². The van der Waals surface area contributed by atoms with Gasteiger partial charge in [-0.2, -0.15) is 0 Å². The summed E-state index contributed by atoms with van der Waals surface area (Å²) in [6.07, 6.45) is 3.70. The average Bonchev–Trinajstić information content (AvgIpc) is 3.04. The number of aliphatic hydroxyl groups excluding tert-OH is 1. The Morgan fingerprint density at radius 2 is 2.00 bits per heavy atom. The van der Waals surface area contributed by atoms with Crippen LogP contribution in [0, 0.1) is 11.2 Å². The fraction of sp³-hybridized carbons (Fsp3) is 0.188. The van der Waals surface area contributed by atoms with Gasteiger partial charge in [0.15, 0.2) is 5.16 Å². The maximum absolute atomic E-state index is 9.99. The van der Waals surface area contributed by atoms with Gasteiger partial charge in [-0.05, 0) is 31.2 Å². The minimum atomic E-state index is -1.72. The first-order chi connectivity index (χ1) is 9.69. The van der Waals surface area contributed by atoms with Crippen LogP contribution < -0.4 is 0 Å². The van der Waals surface area contributed by atoms with Crippen molar-refractivity contribution in [2.75, 3.05) is 5.94 Å². The Balaban J connectivity index is 2.13. The standard InChI is InChI=1S/C16H16N2OS/c1-13-14(2)20(12-19,16-17-9-10-18(13)16)11-8-15-6-4-3-5-7-15/h3-7,9-10,19H,12H2,1-2H3. The highest BCUT2D eigenvalue weighted by Gasteiger charge is 2.37. The van der Waals surface area contributed by atoms with Gasteiger partial charge in [0.2, 0.25) is 0 Å². The zero-order chi connectivity index (χ0) is 14.2. The van der Waals surface area contributed by atoms with Crippen molar-refractivity contribution in [1.29, 1.82) is 0 Å². The molecule has 1 atom stereocenters. The molecule has 3 nitrogen and oxygen atoms in total. The molecule has 0 saturated heterocycles. The average molecular weight is 284 g/mol. The van der Waals surface area contributed by atoms with Gasteiger partial charge in [-0.3, -0.25) is 4.57 Å². The van der Waals surface area contributed by atoms with Gasteiger partial charge in [-0.15, -0.1) is 0 Å². The lowest BCUT2D eigenvalue weighted by Crippen LogP contribution is -2.03. The van der Waals surface area contributed by atoms with Gasteiger partial charge in [0, 0.05) is 28.6 Å². The molecule has 2 heterocycles. The molecule has 1 unspecified atom stereocenters. The number of nitrogens with zero attached hydrogens (tertiary/aromatic N) is 2. The van der Waals surface area contributed by atoms with Crippen molar-refractivity contribution in [2.24, 2.45) is 0 Å². The molecule has 4 heteroatoms. The van der Waals surface area contributed by atoms with E-state index in [2.05, 4.69) is 30.0 Å². The SMILES string of the molecule is CC1=C(C)S(C#Cc2ccccc2)(CO)c2nccn21. The summed E-state index contributed by atoms with van der Waals surface area (Å²) in [6, 6.07) is 9.86. The van der Waals surface area contributed by atoms with Gasteiger partial charge in [-0.25, -0.2) is 4.98 Å². The molecule has 0 bridgehead atoms. The smallest absolute Gasteiger partial charge is 0.171 e. The molecule has 1 N–H and O–H groups in total. The number of benzene rings is 1. The zero-order valence-corrected chi connectivity index (χ0v) is 12.3. The highest BCUT2D eigenvalue weighted by Crippen LogP contribution is 2.65. The second-order valence-corrected chi connectivity index (χ2v) is 7.60. The molecule has 0 spiro atoms. The lowest BCUT2D eigenvalue weighted by Gasteiger charge is -2.26. The van der Waals surface area contributed by atoms with Crippen molar-refractivity contribution in [3.8, 4) is 11.2 Å². The van der Waals surface area contributed by atoms with E-state index in [1.54, 1.807) is 6.20 Å². The summed E-state index contributed by atoms with van der Waals surface area (Å²) in [5.41, 5.74) is 2.09. The fourth-order valence-corrected chi connectivity index (χ4v) is 4.90. The predicted octanol–water partition coefficient (Wildman–Crippen LogP) is 3.23. The molecule has 0 amide bonds. The van der Waals surface area contributed by atoms with E-state index in [-0.39, 0.29) is 5.94 Å². The van der Waals surface area contributed by atoms with Crippen LogP contribution in [0.4, 0.5) is 0 Å². The second-order valence-electron chi connectivity index (χ2n) is 4.68. The number of aromatic nitrogens is 2. The van der Waals surface area contributed by atoms with Crippen LogP contribution in [0.5, 0.6) is 0 Å². The Bertz CT molecular complexity index is 737. The van der Waals surface area contributed by atoms with Crippen LogP contribution in [-0.2, 0) is 0 Å². The number of aliphatic hydroxyl groups is 1. The molecule has 20 heavy (non-hydrogen) atoms. The van der Waals surface area contributed by atoms with Crippen molar-refractivity contribution in [3.05, 3.63) is 53.2 Å². The van der Waals surface area contributed by atoms with E-state index in [9.17, 15) is 5.11 Å². The number of rotatable bonds is 1. The van der Waals surface area contributed by atoms with Gasteiger partial charge >= 0.3 is 0 Å². The van der Waals surface area contributed by atoms with Crippen molar-refractivity contribution in [3.63, 3.8) is 0 Å². The Labute approximate surface area is 120 Å². The third-order valence-electron chi connectivity index (χ3n) is 3.65. The van der Waals surface area contributed by atoms with Crippen LogP contribution in [0.2, 0.25) is 0 Å². The Morgan fingerprint density at radius 3 is 2.70 bits per heavy atom. The summed E-state index contributed by atoms with van der Waals surface area (Å²) >= 11 is 0. The molecule has 0 aliphatic carbocycles. The molecule has 1 aromatic carbocycles. The van der Waals surface area contributed by atoms with E-state index in [0.717, 1.165) is 21.3 Å². The molecule has 0 saturated carbocycles. The van der Waals surface area contributed by atoms with Crippen molar-refractivity contribution >= 4 is 15.7 Å². The van der Waals surface area contributed by atoms with Crippen molar-refractivity contribution < 1.29 is 5.11 Å². The largest absolute Gasteiger partial charge is 0.386 e. The van der Waals surface area contributed by atoms with E-state index in [1.165, 1.54) is 0 Å². The molecule has 1 aromatic heterocycles. The molecule has 2 aromatic rings. The van der Waals surface area contributed by atoms with Crippen molar-refractivity contribution in [1.82, 2.24) is 9.55 Å². The third-order valence-corrected chi connectivity index (χ3v) is 6.75. The normalized spacial score (nSPS) is 23.8. The van der Waals surface area contributed by atoms with E-state index < -0.39 is 10.0 Å². The second kappa shape index (κ2) is 4.86. The quantitative estimate of drug-likeness (QED) is 0.816. The summed E-state index contributed by atoms with van der Waals surface area (Å²) in [4.78, 5) is 5.58. The molecular formula is C16H16N2OS. The minimum absolute atomic E-state index is 0.0209. The maximum atomic E-state index is 9.99. The Kier molecular flexibility index (Phi) is 3.17. The Hall–Kier alpha value is -1.96. The molecule has 1 aliphatic rings. The summed E-state index contributed by atoms with van der Waals surface area (Å²) in [5, 5.41) is 14.2. The highest BCUT2D eigenvalue weighted by molar-refractivity contribution is 8.40. The summed E-state index contributed by atoms with van der Waals surface area (Å²) in [6.45, 7) is 4.10. The van der Waals surface area contributed by atoms with Crippen LogP contribution in [0.25, 0.3) is 5.70 Å². The predicted molar refractivity (Wildman–Crippen MR) is 83.1 cm³/mol. The van der Waals surface area contributed by atoms with E-state index in [4.69, 9.17) is 0 Å². The van der Waals surface area contributed by atoms with Gasteiger partial charge in [0.25, 0.3) is 0 Å². The first-order valence-electron chi connectivity index (χ1n) is 6.40. The molecule has 3 rings (SSSR count). The van der Waals surface area contributed by atoms with Gasteiger partial charge < -0.3 is 5.11 Å². The van der Waals surface area contributed by atoms with Crippen LogP contribution in [0.15, 0.2) is 52.8 Å². The van der Waals surface area contributed by atoms with Crippen molar-refractivity contribution in [2.45, 2.75) is 19.0 Å². The number of fused-ring (bicyclic) bond motifs is 1. The van der Waals surface area contributed by atoms with Gasteiger partial charge in [0.05, 0.1) is 5.94 Å². The summed E-state index contributed by atoms with van der Waals surface area (Å²) < 4.78 is 2.04. The number of allylic oxidation sites excluding steroid dienone is 2. The molecule has 102 valence electrons. The lowest BCUT2D eigenvalue weighted by atomic mass is 10.2. The summed E-state index contributed by atoms with van der Waals surface area (Å²) in [5.74, 6) is 3.22. The molecule has 0 fully saturated rings.